The van der Waals surface area contributed by atoms with Crippen LogP contribution >= 0.6 is 11.6 Å². The van der Waals surface area contributed by atoms with Gasteiger partial charge in [-0.05, 0) is 38.8 Å². The van der Waals surface area contributed by atoms with E-state index in [-0.39, 0.29) is 11.9 Å². The van der Waals surface area contributed by atoms with Crippen LogP contribution in [0.3, 0.4) is 0 Å². The monoisotopic (exact) mass is 309 g/mol. The fraction of sp³-hybridized carbons (Fsp3) is 0.438. The number of hydrogen-bond donors (Lipinski definition) is 1. The van der Waals surface area contributed by atoms with E-state index in [1.165, 1.54) is 6.07 Å². The highest BCUT2D eigenvalue weighted by molar-refractivity contribution is 6.31. The summed E-state index contributed by atoms with van der Waals surface area (Å²) >= 11 is 6.12. The standard InChI is InChI=1S/C16H21ClFN3/c1-11(10-14-6-4-5-7-15(14)18)19-8-9-21-13(3)16(17)12(2)20-21/h4-7,11,19H,8-10H2,1-3H3/t11-/m1/s1. The molecule has 1 aromatic carbocycles. The molecule has 0 aliphatic heterocycles. The minimum absolute atomic E-state index is 0.142. The Labute approximate surface area is 130 Å². The van der Waals surface area contributed by atoms with Crippen LogP contribution in [0, 0.1) is 19.7 Å². The third-order valence-corrected chi connectivity index (χ3v) is 4.14. The van der Waals surface area contributed by atoms with Gasteiger partial charge in [0.15, 0.2) is 0 Å². The Morgan fingerprint density at radius 2 is 2.05 bits per heavy atom. The lowest BCUT2D eigenvalue weighted by Gasteiger charge is -2.14. The normalized spacial score (nSPS) is 12.6. The number of nitrogens with one attached hydrogen (secondary N) is 1. The van der Waals surface area contributed by atoms with Gasteiger partial charge in [-0.2, -0.15) is 5.10 Å². The molecule has 1 heterocycles. The Hall–Kier alpha value is -1.39. The number of aromatic nitrogens is 2. The minimum atomic E-state index is -0.142. The van der Waals surface area contributed by atoms with Crippen LogP contribution in [-0.2, 0) is 13.0 Å². The average Bonchev–Trinajstić information content (AvgIpc) is 2.69. The third kappa shape index (κ3) is 4.05. The molecule has 1 aromatic heterocycles. The van der Waals surface area contributed by atoms with Crippen LogP contribution in [0.25, 0.3) is 0 Å². The lowest BCUT2D eigenvalue weighted by molar-refractivity contribution is 0.481. The molecule has 21 heavy (non-hydrogen) atoms. The first-order chi connectivity index (χ1) is 9.99. The molecule has 0 bridgehead atoms. The van der Waals surface area contributed by atoms with Crippen molar-refractivity contribution in [2.45, 2.75) is 39.8 Å². The molecular weight excluding hydrogens is 289 g/mol. The molecule has 2 rings (SSSR count). The molecule has 0 radical (unpaired) electrons. The predicted molar refractivity (Wildman–Crippen MR) is 84.3 cm³/mol. The zero-order chi connectivity index (χ0) is 15.4. The molecule has 1 atom stereocenters. The molecular formula is C16H21ClFN3. The molecule has 3 nitrogen and oxygen atoms in total. The summed E-state index contributed by atoms with van der Waals surface area (Å²) in [5, 5.41) is 8.51. The van der Waals surface area contributed by atoms with Crippen LogP contribution in [0.4, 0.5) is 4.39 Å². The molecule has 0 saturated heterocycles. The predicted octanol–water partition coefficient (Wildman–Crippen LogP) is 3.51. The summed E-state index contributed by atoms with van der Waals surface area (Å²) < 4.78 is 15.5. The number of hydrogen-bond acceptors (Lipinski definition) is 2. The van der Waals surface area contributed by atoms with Gasteiger partial charge in [-0.15, -0.1) is 0 Å². The van der Waals surface area contributed by atoms with Crippen LogP contribution in [0.1, 0.15) is 23.9 Å². The van der Waals surface area contributed by atoms with Crippen LogP contribution < -0.4 is 5.32 Å². The Kier molecular flexibility index (Phi) is 5.37. The van der Waals surface area contributed by atoms with E-state index in [4.69, 9.17) is 11.6 Å². The van der Waals surface area contributed by atoms with Crippen LogP contribution in [0.5, 0.6) is 0 Å². The van der Waals surface area contributed by atoms with Crippen LogP contribution in [0.2, 0.25) is 5.02 Å². The topological polar surface area (TPSA) is 29.9 Å². The molecule has 1 N–H and O–H groups in total. The van der Waals surface area contributed by atoms with Gasteiger partial charge in [0, 0.05) is 12.6 Å². The Morgan fingerprint density at radius 3 is 2.67 bits per heavy atom. The number of rotatable bonds is 6. The van der Waals surface area contributed by atoms with E-state index in [1.807, 2.05) is 30.7 Å². The SMILES string of the molecule is Cc1nn(CCN[C@H](C)Cc2ccccc2F)c(C)c1Cl. The molecule has 0 unspecified atom stereocenters. The van der Waals surface area contributed by atoms with Crippen molar-refractivity contribution in [2.24, 2.45) is 0 Å². The van der Waals surface area contributed by atoms with E-state index >= 15 is 0 Å². The van der Waals surface area contributed by atoms with Gasteiger partial charge >= 0.3 is 0 Å². The maximum Gasteiger partial charge on any atom is 0.126 e. The summed E-state index contributed by atoms with van der Waals surface area (Å²) in [5.41, 5.74) is 2.58. The van der Waals surface area contributed by atoms with Crippen molar-refractivity contribution in [3.8, 4) is 0 Å². The summed E-state index contributed by atoms with van der Waals surface area (Å²) in [6, 6.07) is 7.11. The van der Waals surface area contributed by atoms with E-state index in [9.17, 15) is 4.39 Å². The smallest absolute Gasteiger partial charge is 0.126 e. The zero-order valence-corrected chi connectivity index (χ0v) is 13.4. The maximum atomic E-state index is 13.6. The number of aryl methyl sites for hydroxylation is 1. The zero-order valence-electron chi connectivity index (χ0n) is 12.7. The summed E-state index contributed by atoms with van der Waals surface area (Å²) in [7, 11) is 0. The van der Waals surface area contributed by atoms with E-state index < -0.39 is 0 Å². The van der Waals surface area contributed by atoms with E-state index in [1.54, 1.807) is 6.07 Å². The van der Waals surface area contributed by atoms with Gasteiger partial charge in [0.25, 0.3) is 0 Å². The minimum Gasteiger partial charge on any atom is -0.312 e. The molecule has 0 fully saturated rings. The first-order valence-corrected chi connectivity index (χ1v) is 7.53. The number of nitrogens with zero attached hydrogens (tertiary/aromatic N) is 2. The fourth-order valence-electron chi connectivity index (χ4n) is 2.38. The van der Waals surface area contributed by atoms with Crippen molar-refractivity contribution in [3.05, 3.63) is 52.1 Å². The van der Waals surface area contributed by atoms with Gasteiger partial charge in [-0.1, -0.05) is 29.8 Å². The van der Waals surface area contributed by atoms with Gasteiger partial charge in [0.1, 0.15) is 5.82 Å². The average molecular weight is 310 g/mol. The van der Waals surface area contributed by atoms with Crippen molar-refractivity contribution in [1.82, 2.24) is 15.1 Å². The third-order valence-electron chi connectivity index (χ3n) is 3.59. The summed E-state index contributed by atoms with van der Waals surface area (Å²) in [6.45, 7) is 7.45. The molecule has 0 aliphatic carbocycles. The highest BCUT2D eigenvalue weighted by Crippen LogP contribution is 2.18. The molecule has 0 amide bonds. The molecule has 2 aromatic rings. The largest absolute Gasteiger partial charge is 0.312 e. The molecule has 0 spiro atoms. The lowest BCUT2D eigenvalue weighted by atomic mass is 10.1. The second-order valence-electron chi connectivity index (χ2n) is 5.36. The first kappa shape index (κ1) is 16.0. The Bertz CT molecular complexity index is 610. The molecule has 0 saturated carbocycles. The van der Waals surface area contributed by atoms with Gasteiger partial charge in [0.05, 0.1) is 23.0 Å². The number of halogens is 2. The molecule has 0 aliphatic rings. The molecule has 114 valence electrons. The summed E-state index contributed by atoms with van der Waals surface area (Å²) in [4.78, 5) is 0. The van der Waals surface area contributed by atoms with E-state index in [0.717, 1.165) is 35.1 Å². The quantitative estimate of drug-likeness (QED) is 0.885. The Morgan fingerprint density at radius 1 is 1.33 bits per heavy atom. The highest BCUT2D eigenvalue weighted by Gasteiger charge is 2.10. The van der Waals surface area contributed by atoms with E-state index in [0.29, 0.717) is 6.42 Å². The van der Waals surface area contributed by atoms with Gasteiger partial charge in [-0.3, -0.25) is 4.68 Å². The summed E-state index contributed by atoms with van der Waals surface area (Å²) in [5.74, 6) is -0.142. The van der Waals surface area contributed by atoms with Crippen LogP contribution in [-0.4, -0.2) is 22.4 Å². The first-order valence-electron chi connectivity index (χ1n) is 7.15. The maximum absolute atomic E-state index is 13.6. The van der Waals surface area contributed by atoms with Crippen molar-refractivity contribution in [3.63, 3.8) is 0 Å². The molecule has 5 heteroatoms. The van der Waals surface area contributed by atoms with Crippen molar-refractivity contribution < 1.29 is 4.39 Å². The summed E-state index contributed by atoms with van der Waals surface area (Å²) in [6.07, 6.45) is 0.671. The van der Waals surface area contributed by atoms with Crippen molar-refractivity contribution in [2.75, 3.05) is 6.54 Å². The van der Waals surface area contributed by atoms with Crippen molar-refractivity contribution >= 4 is 11.6 Å². The number of benzene rings is 1. The Balaban J connectivity index is 1.83. The second kappa shape index (κ2) is 7.05. The van der Waals surface area contributed by atoms with Crippen molar-refractivity contribution in [1.29, 1.82) is 0 Å². The van der Waals surface area contributed by atoms with Gasteiger partial charge < -0.3 is 5.32 Å². The fourth-order valence-corrected chi connectivity index (χ4v) is 2.51. The second-order valence-corrected chi connectivity index (χ2v) is 5.74. The highest BCUT2D eigenvalue weighted by atomic mass is 35.5. The van der Waals surface area contributed by atoms with Gasteiger partial charge in [0.2, 0.25) is 0 Å². The lowest BCUT2D eigenvalue weighted by Crippen LogP contribution is -2.31. The van der Waals surface area contributed by atoms with Gasteiger partial charge in [-0.25, -0.2) is 4.39 Å². The van der Waals surface area contributed by atoms with E-state index in [2.05, 4.69) is 17.3 Å². The van der Waals surface area contributed by atoms with Crippen LogP contribution in [0.15, 0.2) is 24.3 Å².